The quantitative estimate of drug-likeness (QED) is 0.569. The van der Waals surface area contributed by atoms with Crippen LogP contribution in [0.5, 0.6) is 11.5 Å². The number of hydrogen-bond donors (Lipinski definition) is 4. The van der Waals surface area contributed by atoms with Gasteiger partial charge in [0.25, 0.3) is 5.91 Å². The highest BCUT2D eigenvalue weighted by molar-refractivity contribution is 6.35. The van der Waals surface area contributed by atoms with Gasteiger partial charge in [-0.25, -0.2) is 9.78 Å². The van der Waals surface area contributed by atoms with E-state index in [4.69, 9.17) is 26.6 Å². The van der Waals surface area contributed by atoms with E-state index in [0.717, 1.165) is 0 Å². The van der Waals surface area contributed by atoms with Crippen LogP contribution in [0.4, 0.5) is 0 Å². The molecular formula is C16H17ClN2O6. The van der Waals surface area contributed by atoms with Crippen molar-refractivity contribution >= 4 is 34.2 Å². The summed E-state index contributed by atoms with van der Waals surface area (Å²) in [4.78, 5) is 26.9. The summed E-state index contributed by atoms with van der Waals surface area (Å²) in [5.41, 5.74) is -0.445. The van der Waals surface area contributed by atoms with Crippen LogP contribution in [0.3, 0.4) is 0 Å². The molecule has 0 saturated carbocycles. The number of carboxylic acid groups (broad SMARTS) is 1. The van der Waals surface area contributed by atoms with Crippen LogP contribution in [-0.2, 0) is 4.79 Å². The van der Waals surface area contributed by atoms with Crippen LogP contribution in [0, 0.1) is 0 Å². The van der Waals surface area contributed by atoms with Gasteiger partial charge in [-0.1, -0.05) is 11.6 Å². The van der Waals surface area contributed by atoms with E-state index in [1.54, 1.807) is 12.1 Å². The number of hydrogen-bond acceptors (Lipinski definition) is 6. The van der Waals surface area contributed by atoms with Crippen molar-refractivity contribution < 1.29 is 29.6 Å². The molecule has 0 radical (unpaired) electrons. The van der Waals surface area contributed by atoms with Gasteiger partial charge < -0.3 is 25.4 Å². The second-order valence-corrected chi connectivity index (χ2v) is 5.88. The number of carbonyl (C=O) groups is 2. The highest BCUT2D eigenvalue weighted by Crippen LogP contribution is 2.34. The number of pyridine rings is 1. The van der Waals surface area contributed by atoms with Crippen molar-refractivity contribution in [3.63, 3.8) is 0 Å². The van der Waals surface area contributed by atoms with E-state index in [9.17, 15) is 14.7 Å². The molecule has 0 aliphatic heterocycles. The molecule has 0 spiro atoms. The third-order valence-electron chi connectivity index (χ3n) is 3.28. The Kier molecular flexibility index (Phi) is 5.66. The Bertz CT molecular complexity index is 824. The lowest BCUT2D eigenvalue weighted by atomic mass is 10.1. The Labute approximate surface area is 148 Å². The van der Waals surface area contributed by atoms with Crippen LogP contribution < -0.4 is 10.1 Å². The first kappa shape index (κ1) is 18.8. The van der Waals surface area contributed by atoms with Gasteiger partial charge in [0, 0.05) is 10.8 Å². The van der Waals surface area contributed by atoms with E-state index in [1.165, 1.54) is 6.07 Å². The van der Waals surface area contributed by atoms with Crippen LogP contribution in [-0.4, -0.2) is 50.9 Å². The fraction of sp³-hybridized carbons (Fsp3) is 0.312. The van der Waals surface area contributed by atoms with Crippen molar-refractivity contribution in [1.29, 1.82) is 0 Å². The van der Waals surface area contributed by atoms with Crippen LogP contribution in [0.2, 0.25) is 5.15 Å². The zero-order valence-corrected chi connectivity index (χ0v) is 14.2. The number of nitrogens with zero attached hydrogens (tertiary/aromatic N) is 1. The molecule has 0 aliphatic rings. The van der Waals surface area contributed by atoms with Crippen molar-refractivity contribution in [3.05, 3.63) is 29.0 Å². The number of rotatable bonds is 6. The van der Waals surface area contributed by atoms with Gasteiger partial charge in [0.2, 0.25) is 0 Å². The first-order chi connectivity index (χ1) is 11.7. The van der Waals surface area contributed by atoms with E-state index in [1.807, 2.05) is 13.8 Å². The summed E-state index contributed by atoms with van der Waals surface area (Å²) in [6, 6.07) is 3.23. The summed E-state index contributed by atoms with van der Waals surface area (Å²) < 4.78 is 5.54. The fourth-order valence-corrected chi connectivity index (χ4v) is 2.40. The van der Waals surface area contributed by atoms with Crippen molar-refractivity contribution in [2.45, 2.75) is 26.0 Å². The van der Waals surface area contributed by atoms with E-state index < -0.39 is 36.0 Å². The van der Waals surface area contributed by atoms with Gasteiger partial charge in [0.1, 0.15) is 10.9 Å². The summed E-state index contributed by atoms with van der Waals surface area (Å²) in [5, 5.41) is 30.9. The molecule has 0 fully saturated rings. The van der Waals surface area contributed by atoms with Crippen molar-refractivity contribution in [3.8, 4) is 11.5 Å². The molecule has 1 aromatic heterocycles. The van der Waals surface area contributed by atoms with Gasteiger partial charge in [-0.2, -0.15) is 0 Å². The number of benzene rings is 1. The first-order valence-corrected chi connectivity index (χ1v) is 7.75. The molecule has 1 heterocycles. The van der Waals surface area contributed by atoms with Gasteiger partial charge in [-0.3, -0.25) is 4.79 Å². The molecule has 25 heavy (non-hydrogen) atoms. The number of ether oxygens (including phenoxy) is 1. The lowest BCUT2D eigenvalue weighted by molar-refractivity contribution is -0.140. The summed E-state index contributed by atoms with van der Waals surface area (Å²) in [7, 11) is 0. The van der Waals surface area contributed by atoms with Crippen LogP contribution in [0.15, 0.2) is 18.2 Å². The maximum Gasteiger partial charge on any atom is 0.328 e. The van der Waals surface area contributed by atoms with Gasteiger partial charge in [0.15, 0.2) is 17.5 Å². The normalized spacial score (nSPS) is 12.2. The molecular weight excluding hydrogens is 352 g/mol. The second kappa shape index (κ2) is 7.54. The number of aromatic nitrogens is 1. The van der Waals surface area contributed by atoms with Gasteiger partial charge in [-0.05, 0) is 32.0 Å². The molecule has 0 saturated heterocycles. The predicted molar refractivity (Wildman–Crippen MR) is 90.2 cm³/mol. The summed E-state index contributed by atoms with van der Waals surface area (Å²) in [6.07, 6.45) is -0.0967. The minimum Gasteiger partial charge on any atom is -0.505 e. The van der Waals surface area contributed by atoms with Crippen LogP contribution in [0.25, 0.3) is 10.8 Å². The molecule has 0 aliphatic carbocycles. The molecule has 134 valence electrons. The Morgan fingerprint density at radius 2 is 2.00 bits per heavy atom. The van der Waals surface area contributed by atoms with E-state index in [-0.39, 0.29) is 16.6 Å². The number of amides is 1. The average Bonchev–Trinajstić information content (AvgIpc) is 2.54. The highest BCUT2D eigenvalue weighted by Gasteiger charge is 2.24. The number of halogens is 1. The number of fused-ring (bicyclic) bond motifs is 1. The number of aromatic hydroxyl groups is 1. The van der Waals surface area contributed by atoms with E-state index in [0.29, 0.717) is 11.1 Å². The molecule has 1 aromatic carbocycles. The number of nitrogens with one attached hydrogen (secondary N) is 1. The van der Waals surface area contributed by atoms with Crippen LogP contribution >= 0.6 is 11.6 Å². The lowest BCUT2D eigenvalue weighted by Gasteiger charge is -2.14. The molecule has 0 unspecified atom stereocenters. The number of carboxylic acids is 1. The second-order valence-electron chi connectivity index (χ2n) is 5.52. The topological polar surface area (TPSA) is 129 Å². The molecule has 2 aromatic rings. The largest absolute Gasteiger partial charge is 0.505 e. The smallest absolute Gasteiger partial charge is 0.328 e. The number of aliphatic hydroxyl groups is 1. The summed E-state index contributed by atoms with van der Waals surface area (Å²) >= 11 is 6.06. The minimum absolute atomic E-state index is 0.0371. The Hall–Kier alpha value is -2.58. The number of aliphatic hydroxyl groups excluding tert-OH is 1. The number of carbonyl (C=O) groups excluding carboxylic acids is 1. The van der Waals surface area contributed by atoms with Crippen molar-refractivity contribution in [1.82, 2.24) is 10.3 Å². The third kappa shape index (κ3) is 4.09. The first-order valence-electron chi connectivity index (χ1n) is 7.38. The van der Waals surface area contributed by atoms with Crippen LogP contribution in [0.1, 0.15) is 24.3 Å². The zero-order valence-electron chi connectivity index (χ0n) is 13.5. The number of aliphatic carboxylic acids is 1. The van der Waals surface area contributed by atoms with Gasteiger partial charge in [0.05, 0.1) is 12.7 Å². The lowest BCUT2D eigenvalue weighted by Crippen LogP contribution is -2.43. The van der Waals surface area contributed by atoms with Gasteiger partial charge >= 0.3 is 5.97 Å². The van der Waals surface area contributed by atoms with E-state index >= 15 is 0 Å². The monoisotopic (exact) mass is 368 g/mol. The summed E-state index contributed by atoms with van der Waals surface area (Å²) in [5.74, 6) is -2.40. The average molecular weight is 369 g/mol. The maximum absolute atomic E-state index is 12.2. The summed E-state index contributed by atoms with van der Waals surface area (Å²) in [6.45, 7) is 2.86. The predicted octanol–water partition coefficient (Wildman–Crippen LogP) is 1.56. The fourth-order valence-electron chi connectivity index (χ4n) is 2.15. The third-order valence-corrected chi connectivity index (χ3v) is 3.56. The molecule has 0 bridgehead atoms. The zero-order chi connectivity index (χ0) is 18.7. The molecule has 9 heteroatoms. The van der Waals surface area contributed by atoms with E-state index in [2.05, 4.69) is 10.3 Å². The molecule has 1 atom stereocenters. The maximum atomic E-state index is 12.2. The SMILES string of the molecule is CC(C)Oc1ccc2c(Cl)nc(C(=O)N[C@H](CO)C(=O)O)c(O)c2c1. The molecule has 8 nitrogen and oxygen atoms in total. The highest BCUT2D eigenvalue weighted by atomic mass is 35.5. The Balaban J connectivity index is 2.48. The van der Waals surface area contributed by atoms with Crippen molar-refractivity contribution in [2.75, 3.05) is 6.61 Å². The molecule has 1 amide bonds. The molecule has 4 N–H and O–H groups in total. The standard InChI is InChI=1S/C16H17ClN2O6/c1-7(2)25-8-3-4-9-10(5-8)13(21)12(19-14(9)17)15(22)18-11(6-20)16(23)24/h3-5,7,11,20-21H,6H2,1-2H3,(H,18,22)(H,23,24)/t11-/m1/s1. The minimum atomic E-state index is -1.53. The van der Waals surface area contributed by atoms with Crippen molar-refractivity contribution in [2.24, 2.45) is 0 Å². The van der Waals surface area contributed by atoms with Gasteiger partial charge in [-0.15, -0.1) is 0 Å². The Morgan fingerprint density at radius 3 is 2.56 bits per heavy atom. The molecule has 2 rings (SSSR count). The Morgan fingerprint density at radius 1 is 1.32 bits per heavy atom.